The van der Waals surface area contributed by atoms with E-state index in [1.54, 1.807) is 14.2 Å². The van der Waals surface area contributed by atoms with Crippen molar-refractivity contribution < 1.29 is 9.53 Å². The smallest absolute Gasteiger partial charge is 0.255 e. The van der Waals surface area contributed by atoms with E-state index < -0.39 is 0 Å². The van der Waals surface area contributed by atoms with Crippen molar-refractivity contribution in [3.8, 4) is 11.8 Å². The van der Waals surface area contributed by atoms with E-state index in [1.165, 1.54) is 4.90 Å². The van der Waals surface area contributed by atoms with Crippen molar-refractivity contribution in [1.29, 1.82) is 5.26 Å². The van der Waals surface area contributed by atoms with Gasteiger partial charge >= 0.3 is 0 Å². The first-order chi connectivity index (χ1) is 14.1. The highest BCUT2D eigenvalue weighted by Crippen LogP contribution is 2.38. The van der Waals surface area contributed by atoms with E-state index in [4.69, 9.17) is 15.0 Å². The van der Waals surface area contributed by atoms with Crippen LogP contribution in [0.2, 0.25) is 0 Å². The number of amides is 1. The first kappa shape index (κ1) is 18.7. The lowest BCUT2D eigenvalue weighted by Gasteiger charge is -2.17. The number of aromatic nitrogens is 1. The van der Waals surface area contributed by atoms with Crippen LogP contribution in [-0.2, 0) is 6.42 Å². The van der Waals surface area contributed by atoms with Crippen LogP contribution in [-0.4, -0.2) is 36.5 Å². The van der Waals surface area contributed by atoms with Crippen LogP contribution in [0.5, 0.6) is 5.75 Å². The summed E-state index contributed by atoms with van der Waals surface area (Å²) in [4.78, 5) is 19.5. The molecule has 1 heterocycles. The second-order valence-corrected chi connectivity index (χ2v) is 7.09. The molecule has 0 aliphatic heterocycles. The molecule has 0 saturated heterocycles. The summed E-state index contributed by atoms with van der Waals surface area (Å²) < 4.78 is 5.23. The Morgan fingerprint density at radius 3 is 2.69 bits per heavy atom. The van der Waals surface area contributed by atoms with Gasteiger partial charge < -0.3 is 9.64 Å². The third-order valence-electron chi connectivity index (χ3n) is 5.27. The van der Waals surface area contributed by atoms with Crippen molar-refractivity contribution in [2.24, 2.45) is 0 Å². The zero-order chi connectivity index (χ0) is 20.4. The largest absolute Gasteiger partial charge is 0.497 e. The highest BCUT2D eigenvalue weighted by Gasteiger charge is 2.28. The second-order valence-electron chi connectivity index (χ2n) is 7.09. The minimum absolute atomic E-state index is 0.0544. The van der Waals surface area contributed by atoms with Gasteiger partial charge in [-0.05, 0) is 53.8 Å². The third kappa shape index (κ3) is 3.45. The summed E-state index contributed by atoms with van der Waals surface area (Å²) in [6.07, 6.45) is 3.71. The van der Waals surface area contributed by atoms with Crippen LogP contribution in [0, 0.1) is 11.3 Å². The number of hydrogen-bond acceptors (Lipinski definition) is 4. The number of pyridine rings is 1. The molecule has 4 rings (SSSR count). The molecule has 3 aromatic rings. The number of methoxy groups -OCH3 is 1. The molecule has 29 heavy (non-hydrogen) atoms. The molecule has 0 saturated carbocycles. The van der Waals surface area contributed by atoms with Gasteiger partial charge in [-0.1, -0.05) is 30.3 Å². The number of carbonyl (C=O) groups excluding carboxylic acids is 1. The SMILES string of the molecule is COc1ccc(C=C2CCc3c2nc2ccccc2c3C(=O)N(C)CC#N)cc1. The molecule has 2 aromatic carbocycles. The zero-order valence-corrected chi connectivity index (χ0v) is 16.5. The van der Waals surface area contributed by atoms with Gasteiger partial charge in [0.05, 0.1) is 30.0 Å². The fraction of sp³-hybridized carbons (Fsp3) is 0.208. The number of ether oxygens (including phenoxy) is 1. The molecule has 0 atom stereocenters. The molecule has 0 unspecified atom stereocenters. The Morgan fingerprint density at radius 1 is 1.21 bits per heavy atom. The maximum absolute atomic E-state index is 13.2. The number of para-hydroxylation sites is 1. The van der Waals surface area contributed by atoms with E-state index in [9.17, 15) is 4.79 Å². The van der Waals surface area contributed by atoms with Crippen molar-refractivity contribution in [1.82, 2.24) is 9.88 Å². The number of allylic oxidation sites excluding steroid dienone is 1. The fourth-order valence-corrected chi connectivity index (χ4v) is 3.79. The predicted octanol–water partition coefficient (Wildman–Crippen LogP) is 4.33. The molecule has 5 nitrogen and oxygen atoms in total. The quantitative estimate of drug-likeness (QED) is 0.629. The number of carbonyl (C=O) groups is 1. The molecule has 1 aliphatic carbocycles. The van der Waals surface area contributed by atoms with Crippen molar-refractivity contribution in [3.63, 3.8) is 0 Å². The maximum Gasteiger partial charge on any atom is 0.255 e. The standard InChI is InChI=1S/C24H21N3O2/c1-27(14-13-25)24(28)22-19-5-3-4-6-21(19)26-23-17(9-12-20(22)23)15-16-7-10-18(29-2)11-8-16/h3-8,10-11,15H,9,12,14H2,1-2H3. The molecule has 1 aliphatic rings. The van der Waals surface area contributed by atoms with Gasteiger partial charge in [-0.3, -0.25) is 4.79 Å². The number of nitriles is 1. The summed E-state index contributed by atoms with van der Waals surface area (Å²) in [5.74, 6) is 0.684. The summed E-state index contributed by atoms with van der Waals surface area (Å²) in [6, 6.07) is 17.6. The zero-order valence-electron chi connectivity index (χ0n) is 16.5. The van der Waals surface area contributed by atoms with Gasteiger partial charge in [0.1, 0.15) is 12.3 Å². The minimum Gasteiger partial charge on any atom is -0.497 e. The van der Waals surface area contributed by atoms with Crippen LogP contribution in [0.25, 0.3) is 22.6 Å². The Kier molecular flexibility index (Phi) is 5.01. The average Bonchev–Trinajstić information content (AvgIpc) is 3.14. The molecule has 0 spiro atoms. The molecule has 0 N–H and O–H groups in total. The molecule has 0 radical (unpaired) electrons. The third-order valence-corrected chi connectivity index (χ3v) is 5.27. The lowest BCUT2D eigenvalue weighted by Crippen LogP contribution is -2.28. The Bertz CT molecular complexity index is 1160. The van der Waals surface area contributed by atoms with Crippen molar-refractivity contribution >= 4 is 28.5 Å². The number of fused-ring (bicyclic) bond motifs is 2. The van der Waals surface area contributed by atoms with Crippen LogP contribution in [0.1, 0.15) is 33.6 Å². The monoisotopic (exact) mass is 383 g/mol. The van der Waals surface area contributed by atoms with Gasteiger partial charge in [-0.15, -0.1) is 0 Å². The second kappa shape index (κ2) is 7.76. The van der Waals surface area contributed by atoms with Crippen LogP contribution in [0.15, 0.2) is 48.5 Å². The Hall–Kier alpha value is -3.65. The van der Waals surface area contributed by atoms with Crippen LogP contribution >= 0.6 is 0 Å². The molecule has 0 fully saturated rings. The molecule has 1 amide bonds. The van der Waals surface area contributed by atoms with Gasteiger partial charge in [-0.2, -0.15) is 5.26 Å². The Morgan fingerprint density at radius 2 is 1.97 bits per heavy atom. The van der Waals surface area contributed by atoms with Crippen LogP contribution < -0.4 is 4.74 Å². The minimum atomic E-state index is -0.132. The number of benzene rings is 2. The lowest BCUT2D eigenvalue weighted by atomic mass is 9.99. The van der Waals surface area contributed by atoms with Gasteiger partial charge in [0.2, 0.25) is 0 Å². The first-order valence-electron chi connectivity index (χ1n) is 9.51. The summed E-state index contributed by atoms with van der Waals surface area (Å²) in [6.45, 7) is 0.0544. The van der Waals surface area contributed by atoms with Crippen molar-refractivity contribution in [2.45, 2.75) is 12.8 Å². The highest BCUT2D eigenvalue weighted by atomic mass is 16.5. The van der Waals surface area contributed by atoms with E-state index in [0.717, 1.165) is 51.9 Å². The molecule has 144 valence electrons. The van der Waals surface area contributed by atoms with Gasteiger partial charge in [0, 0.05) is 12.4 Å². The van der Waals surface area contributed by atoms with Gasteiger partial charge in [-0.25, -0.2) is 4.98 Å². The summed E-state index contributed by atoms with van der Waals surface area (Å²) in [5, 5.41) is 9.85. The first-order valence-corrected chi connectivity index (χ1v) is 9.51. The number of rotatable bonds is 4. The number of nitrogens with zero attached hydrogens (tertiary/aromatic N) is 3. The molecular weight excluding hydrogens is 362 g/mol. The van der Waals surface area contributed by atoms with Crippen molar-refractivity contribution in [3.05, 3.63) is 70.9 Å². The molecule has 1 aromatic heterocycles. The topological polar surface area (TPSA) is 66.2 Å². The summed E-state index contributed by atoms with van der Waals surface area (Å²) in [5.41, 5.74) is 5.50. The molecule has 0 bridgehead atoms. The average molecular weight is 383 g/mol. The summed E-state index contributed by atoms with van der Waals surface area (Å²) >= 11 is 0. The Labute approximate surface area is 169 Å². The number of hydrogen-bond donors (Lipinski definition) is 0. The summed E-state index contributed by atoms with van der Waals surface area (Å²) in [7, 11) is 3.31. The maximum atomic E-state index is 13.2. The van der Waals surface area contributed by atoms with E-state index in [-0.39, 0.29) is 12.5 Å². The van der Waals surface area contributed by atoms with Crippen LogP contribution in [0.3, 0.4) is 0 Å². The van der Waals surface area contributed by atoms with E-state index in [2.05, 4.69) is 12.1 Å². The predicted molar refractivity (Wildman–Crippen MR) is 114 cm³/mol. The van der Waals surface area contributed by atoms with E-state index in [1.807, 2.05) is 48.5 Å². The highest BCUT2D eigenvalue weighted by molar-refractivity contribution is 6.09. The lowest BCUT2D eigenvalue weighted by molar-refractivity contribution is 0.0813. The fourth-order valence-electron chi connectivity index (χ4n) is 3.79. The van der Waals surface area contributed by atoms with E-state index >= 15 is 0 Å². The Balaban J connectivity index is 1.85. The van der Waals surface area contributed by atoms with Gasteiger partial charge in [0.15, 0.2) is 0 Å². The molecular formula is C24H21N3O2. The van der Waals surface area contributed by atoms with Gasteiger partial charge in [0.25, 0.3) is 5.91 Å². The van der Waals surface area contributed by atoms with Crippen molar-refractivity contribution in [2.75, 3.05) is 20.7 Å². The molecule has 5 heteroatoms. The normalized spacial score (nSPS) is 13.9. The van der Waals surface area contributed by atoms with Crippen LogP contribution in [0.4, 0.5) is 0 Å². The van der Waals surface area contributed by atoms with E-state index in [0.29, 0.717) is 5.56 Å².